The molecule has 31 heavy (non-hydrogen) atoms. The van der Waals surface area contributed by atoms with Crippen LogP contribution in [0.25, 0.3) is 22.0 Å². The number of esters is 1. The smallest absolute Gasteiger partial charge is 0.369 e. The number of hydrogen-bond donors (Lipinski definition) is 1. The second-order valence-corrected chi connectivity index (χ2v) is 9.95. The molecule has 164 valence electrons. The van der Waals surface area contributed by atoms with Crippen LogP contribution in [0.1, 0.15) is 27.7 Å². The first-order valence-electron chi connectivity index (χ1n) is 9.94. The van der Waals surface area contributed by atoms with Gasteiger partial charge in [0.2, 0.25) is 6.79 Å². The predicted octanol–water partition coefficient (Wildman–Crippen LogP) is 4.61. The SMILES string of the molecule is CCOP(=O)(OCOC(=O)C(C)(C)C)c1ccc(-c2cccc3ccccc23)[nH]c1=O. The summed E-state index contributed by atoms with van der Waals surface area (Å²) in [7, 11) is -4.00. The molecule has 0 fully saturated rings. The summed E-state index contributed by atoms with van der Waals surface area (Å²) in [6.07, 6.45) is 0. The summed E-state index contributed by atoms with van der Waals surface area (Å²) in [6.45, 7) is 6.17. The summed E-state index contributed by atoms with van der Waals surface area (Å²) in [6, 6.07) is 16.7. The summed E-state index contributed by atoms with van der Waals surface area (Å²) in [5, 5.41) is 1.87. The average molecular weight is 443 g/mol. The topological polar surface area (TPSA) is 94.7 Å². The third kappa shape index (κ3) is 5.13. The minimum atomic E-state index is -4.00. The minimum Gasteiger partial charge on any atom is -0.438 e. The molecule has 0 aliphatic rings. The van der Waals surface area contributed by atoms with Crippen molar-refractivity contribution in [1.29, 1.82) is 0 Å². The van der Waals surface area contributed by atoms with E-state index in [0.717, 1.165) is 16.3 Å². The number of carbonyl (C=O) groups is 1. The van der Waals surface area contributed by atoms with Gasteiger partial charge in [-0.2, -0.15) is 0 Å². The second kappa shape index (κ2) is 9.18. The van der Waals surface area contributed by atoms with E-state index in [1.54, 1.807) is 33.8 Å². The largest absolute Gasteiger partial charge is 0.438 e. The van der Waals surface area contributed by atoms with Crippen LogP contribution >= 0.6 is 7.60 Å². The van der Waals surface area contributed by atoms with Gasteiger partial charge in [0.15, 0.2) is 0 Å². The number of benzene rings is 2. The van der Waals surface area contributed by atoms with E-state index in [0.29, 0.717) is 5.69 Å². The standard InChI is InChI=1S/C23H26NO6P/c1-5-29-31(27,30-15-28-22(26)23(2,3)4)20-14-13-19(24-21(20)25)18-12-8-10-16-9-6-7-11-17(16)18/h6-14H,5,15H2,1-4H3,(H,24,25). The number of hydrogen-bond acceptors (Lipinski definition) is 6. The lowest BCUT2D eigenvalue weighted by Gasteiger charge is -2.20. The van der Waals surface area contributed by atoms with E-state index in [2.05, 4.69) is 4.98 Å². The molecule has 0 bridgehead atoms. The Labute approximate surface area is 180 Å². The van der Waals surface area contributed by atoms with Crippen LogP contribution in [0.4, 0.5) is 0 Å². The molecular formula is C23H26NO6P. The highest BCUT2D eigenvalue weighted by molar-refractivity contribution is 7.62. The zero-order valence-corrected chi connectivity index (χ0v) is 18.9. The first-order valence-corrected chi connectivity index (χ1v) is 11.5. The van der Waals surface area contributed by atoms with E-state index in [4.69, 9.17) is 13.8 Å². The number of aromatic amines is 1. The highest BCUT2D eigenvalue weighted by Gasteiger charge is 2.32. The molecule has 1 atom stereocenters. The Hall–Kier alpha value is -2.73. The fourth-order valence-electron chi connectivity index (χ4n) is 3.01. The maximum absolute atomic E-state index is 13.3. The summed E-state index contributed by atoms with van der Waals surface area (Å²) in [4.78, 5) is 27.5. The molecule has 0 saturated heterocycles. The molecule has 3 rings (SSSR count). The van der Waals surface area contributed by atoms with Gasteiger partial charge >= 0.3 is 13.6 Å². The third-order valence-electron chi connectivity index (χ3n) is 4.59. The van der Waals surface area contributed by atoms with E-state index >= 15 is 0 Å². The molecule has 1 aromatic heterocycles. The Morgan fingerprint density at radius 2 is 1.71 bits per heavy atom. The third-order valence-corrected chi connectivity index (χ3v) is 6.57. The van der Waals surface area contributed by atoms with Crippen LogP contribution in [0.5, 0.6) is 0 Å². The number of rotatable bonds is 7. The van der Waals surface area contributed by atoms with E-state index in [1.807, 2.05) is 42.5 Å². The van der Waals surface area contributed by atoms with Gasteiger partial charge in [-0.1, -0.05) is 42.5 Å². The number of fused-ring (bicyclic) bond motifs is 1. The van der Waals surface area contributed by atoms with Crippen LogP contribution in [0.3, 0.4) is 0 Å². The fraction of sp³-hybridized carbons (Fsp3) is 0.304. The van der Waals surface area contributed by atoms with Crippen LogP contribution in [0, 0.1) is 5.41 Å². The van der Waals surface area contributed by atoms with Gasteiger partial charge in [0.25, 0.3) is 5.56 Å². The Bertz CT molecular complexity index is 1190. The number of H-pyrrole nitrogens is 1. The lowest BCUT2D eigenvalue weighted by atomic mass is 9.98. The van der Waals surface area contributed by atoms with E-state index in [9.17, 15) is 14.2 Å². The normalized spacial score (nSPS) is 13.7. The molecule has 0 aliphatic carbocycles. The van der Waals surface area contributed by atoms with E-state index in [-0.39, 0.29) is 11.9 Å². The number of carbonyl (C=O) groups excluding carboxylic acids is 1. The quantitative estimate of drug-likeness (QED) is 0.325. The highest BCUT2D eigenvalue weighted by Crippen LogP contribution is 2.46. The first kappa shape index (κ1) is 22.9. The zero-order valence-electron chi connectivity index (χ0n) is 18.0. The van der Waals surface area contributed by atoms with Crippen LogP contribution in [0.15, 0.2) is 59.4 Å². The molecule has 7 nitrogen and oxygen atoms in total. The Morgan fingerprint density at radius 1 is 1.00 bits per heavy atom. The van der Waals surface area contributed by atoms with Crippen molar-refractivity contribution in [2.75, 3.05) is 13.4 Å². The Morgan fingerprint density at radius 3 is 2.39 bits per heavy atom. The van der Waals surface area contributed by atoms with Crippen molar-refractivity contribution in [3.63, 3.8) is 0 Å². The van der Waals surface area contributed by atoms with Crippen LogP contribution in [-0.2, 0) is 23.1 Å². The molecule has 3 aromatic rings. The molecule has 0 amide bonds. The van der Waals surface area contributed by atoms with Gasteiger partial charge in [-0.05, 0) is 50.6 Å². The fourth-order valence-corrected chi connectivity index (χ4v) is 4.46. The van der Waals surface area contributed by atoms with Gasteiger partial charge in [0.05, 0.1) is 12.0 Å². The van der Waals surface area contributed by atoms with Gasteiger partial charge in [-0.3, -0.25) is 18.7 Å². The van der Waals surface area contributed by atoms with Gasteiger partial charge in [-0.15, -0.1) is 0 Å². The maximum Gasteiger partial charge on any atom is 0.369 e. The molecule has 0 spiro atoms. The van der Waals surface area contributed by atoms with Crippen molar-refractivity contribution in [2.24, 2.45) is 5.41 Å². The molecule has 1 N–H and O–H groups in total. The lowest BCUT2D eigenvalue weighted by molar-refractivity contribution is -0.159. The molecule has 1 heterocycles. The molecule has 0 radical (unpaired) electrons. The number of nitrogens with one attached hydrogen (secondary N) is 1. The molecular weight excluding hydrogens is 417 g/mol. The maximum atomic E-state index is 13.3. The number of aromatic nitrogens is 1. The predicted molar refractivity (Wildman–Crippen MR) is 120 cm³/mol. The molecule has 8 heteroatoms. The second-order valence-electron chi connectivity index (χ2n) is 7.96. The average Bonchev–Trinajstić information content (AvgIpc) is 2.72. The van der Waals surface area contributed by atoms with Gasteiger partial charge in [0, 0.05) is 11.3 Å². The first-order chi connectivity index (χ1) is 14.7. The van der Waals surface area contributed by atoms with E-state index < -0.39 is 31.3 Å². The Kier molecular flexibility index (Phi) is 6.80. The monoisotopic (exact) mass is 443 g/mol. The Balaban J connectivity index is 1.91. The number of ether oxygens (including phenoxy) is 1. The summed E-state index contributed by atoms with van der Waals surface area (Å²) in [5.74, 6) is -0.518. The molecule has 1 unspecified atom stereocenters. The van der Waals surface area contributed by atoms with Crippen molar-refractivity contribution in [3.8, 4) is 11.3 Å². The van der Waals surface area contributed by atoms with Crippen LogP contribution in [-0.4, -0.2) is 24.4 Å². The molecule has 0 saturated carbocycles. The highest BCUT2D eigenvalue weighted by atomic mass is 31.2. The van der Waals surface area contributed by atoms with Crippen molar-refractivity contribution in [1.82, 2.24) is 4.98 Å². The van der Waals surface area contributed by atoms with Crippen molar-refractivity contribution < 1.29 is 23.1 Å². The summed E-state index contributed by atoms with van der Waals surface area (Å²) in [5.41, 5.74) is 0.0847. The van der Waals surface area contributed by atoms with Crippen molar-refractivity contribution >= 4 is 29.6 Å². The number of pyridine rings is 1. The summed E-state index contributed by atoms with van der Waals surface area (Å²) >= 11 is 0. The van der Waals surface area contributed by atoms with Gasteiger partial charge in [0.1, 0.15) is 5.30 Å². The van der Waals surface area contributed by atoms with E-state index in [1.165, 1.54) is 6.07 Å². The lowest BCUT2D eigenvalue weighted by Crippen LogP contribution is -2.30. The van der Waals surface area contributed by atoms with Gasteiger partial charge in [-0.25, -0.2) is 0 Å². The summed E-state index contributed by atoms with van der Waals surface area (Å²) < 4.78 is 28.9. The molecule has 2 aromatic carbocycles. The molecule has 0 aliphatic heterocycles. The van der Waals surface area contributed by atoms with Crippen LogP contribution < -0.4 is 10.9 Å². The van der Waals surface area contributed by atoms with Crippen LogP contribution in [0.2, 0.25) is 0 Å². The van der Waals surface area contributed by atoms with Gasteiger partial charge < -0.3 is 14.2 Å². The zero-order chi connectivity index (χ0) is 22.6. The van der Waals surface area contributed by atoms with Crippen molar-refractivity contribution in [2.45, 2.75) is 27.7 Å². The minimum absolute atomic E-state index is 0.0506. The van der Waals surface area contributed by atoms with Crippen molar-refractivity contribution in [3.05, 3.63) is 65.0 Å².